The highest BCUT2D eigenvalue weighted by atomic mass is 16.5. The largest absolute Gasteiger partial charge is 0.426 e. The molecule has 2 aromatic carbocycles. The van der Waals surface area contributed by atoms with Gasteiger partial charge in [0.1, 0.15) is 17.1 Å². The average Bonchev–Trinajstić information content (AvgIpc) is 2.55. The highest BCUT2D eigenvalue weighted by molar-refractivity contribution is 5.95. The number of para-hydroxylation sites is 1. The van der Waals surface area contributed by atoms with Crippen molar-refractivity contribution in [1.82, 2.24) is 0 Å². The van der Waals surface area contributed by atoms with Gasteiger partial charge in [0, 0.05) is 25.6 Å². The van der Waals surface area contributed by atoms with Crippen LogP contribution >= 0.6 is 0 Å². The molecule has 0 aliphatic rings. The van der Waals surface area contributed by atoms with E-state index in [0.29, 0.717) is 11.4 Å². The minimum absolute atomic E-state index is 0.0107. The number of ether oxygens (including phenoxy) is 2. The van der Waals surface area contributed by atoms with E-state index in [4.69, 9.17) is 9.47 Å². The fraction of sp³-hybridized carbons (Fsp3) is 0.250. The van der Waals surface area contributed by atoms with Crippen molar-refractivity contribution in [2.45, 2.75) is 33.7 Å². The molecule has 0 N–H and O–H groups in total. The Kier molecular flexibility index (Phi) is 6.11. The summed E-state index contributed by atoms with van der Waals surface area (Å²) in [7, 11) is 0. The Morgan fingerprint density at radius 2 is 1.50 bits per heavy atom. The minimum atomic E-state index is -0.637. The van der Waals surface area contributed by atoms with Crippen LogP contribution in [0.25, 0.3) is 0 Å². The average molecular weight is 355 g/mol. The molecule has 6 heteroatoms. The summed E-state index contributed by atoms with van der Waals surface area (Å²) >= 11 is 0. The predicted molar refractivity (Wildman–Crippen MR) is 97.4 cm³/mol. The van der Waals surface area contributed by atoms with Crippen molar-refractivity contribution >= 4 is 23.5 Å². The van der Waals surface area contributed by atoms with Crippen LogP contribution in [0.3, 0.4) is 0 Å². The van der Waals surface area contributed by atoms with Crippen LogP contribution in [0.4, 0.5) is 5.69 Å². The molecule has 2 rings (SSSR count). The first-order chi connectivity index (χ1) is 12.3. The molecule has 26 heavy (non-hydrogen) atoms. The molecule has 0 saturated carbocycles. The first-order valence-corrected chi connectivity index (χ1v) is 8.19. The third-order valence-corrected chi connectivity index (χ3v) is 3.54. The van der Waals surface area contributed by atoms with Crippen molar-refractivity contribution in [3.05, 3.63) is 54.1 Å². The molecule has 0 spiro atoms. The molecule has 0 saturated heterocycles. The van der Waals surface area contributed by atoms with Gasteiger partial charge in [-0.2, -0.15) is 0 Å². The van der Waals surface area contributed by atoms with Gasteiger partial charge in [-0.1, -0.05) is 12.1 Å². The first kappa shape index (κ1) is 19.2. The van der Waals surface area contributed by atoms with Crippen molar-refractivity contribution < 1.29 is 23.9 Å². The van der Waals surface area contributed by atoms with Crippen LogP contribution in [0.15, 0.2) is 48.5 Å². The van der Waals surface area contributed by atoms with Gasteiger partial charge in [0.25, 0.3) is 0 Å². The van der Waals surface area contributed by atoms with Gasteiger partial charge in [-0.25, -0.2) is 4.79 Å². The second kappa shape index (κ2) is 8.29. The lowest BCUT2D eigenvalue weighted by Gasteiger charge is -2.25. The van der Waals surface area contributed by atoms with Crippen LogP contribution in [0.5, 0.6) is 11.5 Å². The van der Waals surface area contributed by atoms with Crippen LogP contribution in [0, 0.1) is 0 Å². The zero-order valence-corrected chi connectivity index (χ0v) is 15.2. The molecule has 0 radical (unpaired) electrons. The van der Waals surface area contributed by atoms with Crippen molar-refractivity contribution in [3.8, 4) is 11.5 Å². The molecule has 136 valence electrons. The van der Waals surface area contributed by atoms with E-state index in [1.807, 2.05) is 13.8 Å². The maximum absolute atomic E-state index is 12.4. The predicted octanol–water partition coefficient (Wildman–Crippen LogP) is 3.59. The molecule has 0 aromatic heterocycles. The van der Waals surface area contributed by atoms with Gasteiger partial charge in [-0.15, -0.1) is 0 Å². The second-order valence-electron chi connectivity index (χ2n) is 5.96. The molecular formula is C20H21NO5. The molecule has 0 aliphatic carbocycles. The quantitative estimate of drug-likeness (QED) is 0.605. The summed E-state index contributed by atoms with van der Waals surface area (Å²) in [6.45, 7) is 6.60. The number of amides is 1. The fourth-order valence-corrected chi connectivity index (χ4v) is 2.56. The summed E-state index contributed by atoms with van der Waals surface area (Å²) in [4.78, 5) is 36.9. The maximum atomic E-state index is 12.4. The number of hydrogen-bond donors (Lipinski definition) is 0. The summed E-state index contributed by atoms with van der Waals surface area (Å²) in [5.74, 6) is -0.762. The summed E-state index contributed by atoms with van der Waals surface area (Å²) in [5, 5.41) is 0. The highest BCUT2D eigenvalue weighted by Gasteiger charge is 2.17. The molecule has 0 fully saturated rings. The molecule has 1 amide bonds. The summed E-state index contributed by atoms with van der Waals surface area (Å²) in [6.07, 6.45) is 0. The maximum Gasteiger partial charge on any atom is 0.347 e. The van der Waals surface area contributed by atoms with Crippen molar-refractivity contribution in [2.75, 3.05) is 4.90 Å². The van der Waals surface area contributed by atoms with Gasteiger partial charge in [0.05, 0.1) is 0 Å². The Hall–Kier alpha value is -3.15. The zero-order chi connectivity index (χ0) is 19.3. The minimum Gasteiger partial charge on any atom is -0.426 e. The fourth-order valence-electron chi connectivity index (χ4n) is 2.56. The lowest BCUT2D eigenvalue weighted by molar-refractivity contribution is -0.131. The smallest absolute Gasteiger partial charge is 0.347 e. The summed E-state index contributed by atoms with van der Waals surface area (Å²) < 4.78 is 10.4. The molecule has 0 aliphatic heterocycles. The van der Waals surface area contributed by atoms with Crippen LogP contribution < -0.4 is 14.4 Å². The standard InChI is InChI=1S/C20H21NO5/c1-13(2)21(14(3)22)16-9-11-17(12-10-16)26-20(24)18-7-5-6-8-19(18)25-15(4)23/h5-13H,1-4H3. The van der Waals surface area contributed by atoms with E-state index >= 15 is 0 Å². The van der Waals surface area contributed by atoms with Crippen molar-refractivity contribution in [2.24, 2.45) is 0 Å². The van der Waals surface area contributed by atoms with Crippen LogP contribution in [-0.2, 0) is 9.59 Å². The first-order valence-electron chi connectivity index (χ1n) is 8.19. The third kappa shape index (κ3) is 4.69. The SMILES string of the molecule is CC(=O)Oc1ccccc1C(=O)Oc1ccc(N(C(C)=O)C(C)C)cc1. The Labute approximate surface area is 152 Å². The van der Waals surface area contributed by atoms with Crippen molar-refractivity contribution in [1.29, 1.82) is 0 Å². The van der Waals surface area contributed by atoms with Crippen molar-refractivity contribution in [3.63, 3.8) is 0 Å². The van der Waals surface area contributed by atoms with Gasteiger partial charge in [-0.3, -0.25) is 9.59 Å². The highest BCUT2D eigenvalue weighted by Crippen LogP contribution is 2.24. The van der Waals surface area contributed by atoms with Gasteiger partial charge >= 0.3 is 11.9 Å². The van der Waals surface area contributed by atoms with Gasteiger partial charge in [-0.05, 0) is 50.2 Å². The second-order valence-corrected chi connectivity index (χ2v) is 5.96. The molecule has 0 atom stereocenters. The third-order valence-electron chi connectivity index (χ3n) is 3.54. The lowest BCUT2D eigenvalue weighted by atomic mass is 10.2. The number of benzene rings is 2. The van der Waals surface area contributed by atoms with E-state index in [-0.39, 0.29) is 23.3 Å². The van der Waals surface area contributed by atoms with Crippen LogP contribution in [0.2, 0.25) is 0 Å². The van der Waals surface area contributed by atoms with E-state index in [2.05, 4.69) is 0 Å². The van der Waals surface area contributed by atoms with E-state index in [0.717, 1.165) is 0 Å². The molecular weight excluding hydrogens is 334 g/mol. The Balaban J connectivity index is 2.18. The van der Waals surface area contributed by atoms with Gasteiger partial charge < -0.3 is 14.4 Å². The normalized spacial score (nSPS) is 10.3. The lowest BCUT2D eigenvalue weighted by Crippen LogP contribution is -2.34. The van der Waals surface area contributed by atoms with E-state index in [9.17, 15) is 14.4 Å². The van der Waals surface area contributed by atoms with Gasteiger partial charge in [0.2, 0.25) is 5.91 Å². The molecule has 0 unspecified atom stereocenters. The van der Waals surface area contributed by atoms with Crippen LogP contribution in [0.1, 0.15) is 38.1 Å². The number of hydrogen-bond acceptors (Lipinski definition) is 5. The van der Waals surface area contributed by atoms with Crippen LogP contribution in [-0.4, -0.2) is 23.9 Å². The number of carbonyl (C=O) groups excluding carboxylic acids is 3. The van der Waals surface area contributed by atoms with Gasteiger partial charge in [0.15, 0.2) is 0 Å². The number of carbonyl (C=O) groups is 3. The summed E-state index contributed by atoms with van der Waals surface area (Å²) in [5.41, 5.74) is 0.868. The molecule has 6 nitrogen and oxygen atoms in total. The molecule has 0 bridgehead atoms. The van der Waals surface area contributed by atoms with E-state index < -0.39 is 11.9 Å². The van der Waals surface area contributed by atoms with E-state index in [1.54, 1.807) is 41.3 Å². The Morgan fingerprint density at radius 1 is 0.885 bits per heavy atom. The topological polar surface area (TPSA) is 72.9 Å². The number of esters is 2. The molecule has 2 aromatic rings. The number of nitrogens with zero attached hydrogens (tertiary/aromatic N) is 1. The Bertz CT molecular complexity index is 811. The zero-order valence-electron chi connectivity index (χ0n) is 15.2. The monoisotopic (exact) mass is 355 g/mol. The Morgan fingerprint density at radius 3 is 2.04 bits per heavy atom. The number of anilines is 1. The van der Waals surface area contributed by atoms with E-state index in [1.165, 1.54) is 26.0 Å². The molecule has 0 heterocycles. The summed E-state index contributed by atoms with van der Waals surface area (Å²) in [6, 6.07) is 13.0. The number of rotatable bonds is 5.